The lowest BCUT2D eigenvalue weighted by Gasteiger charge is -2.38. The minimum atomic E-state index is 0.197. The van der Waals surface area contributed by atoms with Gasteiger partial charge < -0.3 is 0 Å². The molecule has 0 N–H and O–H groups in total. The Morgan fingerprint density at radius 3 is 2.43 bits per heavy atom. The molecule has 2 rings (SSSR count). The van der Waals surface area contributed by atoms with Crippen LogP contribution in [-0.4, -0.2) is 11.7 Å². The number of carbonyl (C=O) groups is 1. The molecule has 80 valence electrons. The van der Waals surface area contributed by atoms with Crippen LogP contribution in [0.25, 0.3) is 0 Å². The van der Waals surface area contributed by atoms with Gasteiger partial charge in [-0.05, 0) is 36.0 Å². The van der Waals surface area contributed by atoms with Crippen LogP contribution in [-0.2, 0) is 4.79 Å². The number of carbonyl (C=O) groups excluding carboxylic acids is 1. The van der Waals surface area contributed by atoms with Gasteiger partial charge in [-0.3, -0.25) is 4.79 Å². The second kappa shape index (κ2) is 2.98. The molecule has 14 heavy (non-hydrogen) atoms. The van der Waals surface area contributed by atoms with E-state index in [1.807, 2.05) is 0 Å². The molecule has 0 radical (unpaired) electrons. The van der Waals surface area contributed by atoms with Crippen molar-refractivity contribution in [3.05, 3.63) is 0 Å². The quantitative estimate of drug-likeness (QED) is 0.645. The Kier molecular flexibility index (Phi) is 2.23. The second-order valence-corrected chi connectivity index (χ2v) is 6.03. The molecule has 0 spiro atoms. The van der Waals surface area contributed by atoms with E-state index in [1.54, 1.807) is 0 Å². The first kappa shape index (κ1) is 10.5. The molecule has 0 amide bonds. The fourth-order valence-electron chi connectivity index (χ4n) is 3.78. The zero-order valence-corrected chi connectivity index (χ0v) is 10.0. The van der Waals surface area contributed by atoms with Crippen molar-refractivity contribution in [3.63, 3.8) is 0 Å². The third-order valence-electron chi connectivity index (χ3n) is 5.31. The van der Waals surface area contributed by atoms with E-state index >= 15 is 0 Å². The molecular weight excluding hydrogens is 196 g/mol. The molecule has 1 nitrogen and oxygen atoms in total. The fraction of sp³-hybridized carbons (Fsp3) is 0.917. The summed E-state index contributed by atoms with van der Waals surface area (Å²) in [5.74, 6) is 1.44. The SMILES string of the molecule is CC1(C)C2CCC1(C)C(C(=O)CCl)C2. The van der Waals surface area contributed by atoms with Crippen LogP contribution in [0, 0.1) is 22.7 Å². The van der Waals surface area contributed by atoms with E-state index in [2.05, 4.69) is 20.8 Å². The maximum absolute atomic E-state index is 11.8. The molecule has 0 aliphatic heterocycles. The van der Waals surface area contributed by atoms with Crippen LogP contribution < -0.4 is 0 Å². The molecule has 3 unspecified atom stereocenters. The standard InChI is InChI=1S/C12H19ClO/c1-11(2)8-4-5-12(11,3)9(6-8)10(14)7-13/h8-9H,4-7H2,1-3H3. The molecule has 0 saturated heterocycles. The largest absolute Gasteiger partial charge is 0.298 e. The van der Waals surface area contributed by atoms with Gasteiger partial charge in [0.05, 0.1) is 5.88 Å². The van der Waals surface area contributed by atoms with Crippen LogP contribution >= 0.6 is 11.6 Å². The average Bonchev–Trinajstić information content (AvgIpc) is 2.47. The molecule has 0 aromatic rings. The normalized spacial score (nSPS) is 44.3. The summed E-state index contributed by atoms with van der Waals surface area (Å²) < 4.78 is 0. The van der Waals surface area contributed by atoms with Gasteiger partial charge in [-0.2, -0.15) is 0 Å². The molecule has 2 fully saturated rings. The number of hydrogen-bond acceptors (Lipinski definition) is 1. The molecule has 0 aromatic carbocycles. The number of rotatable bonds is 2. The summed E-state index contributed by atoms with van der Waals surface area (Å²) >= 11 is 5.67. The van der Waals surface area contributed by atoms with Gasteiger partial charge >= 0.3 is 0 Å². The van der Waals surface area contributed by atoms with Crippen molar-refractivity contribution in [2.75, 3.05) is 5.88 Å². The van der Waals surface area contributed by atoms with Crippen LogP contribution in [0.5, 0.6) is 0 Å². The highest BCUT2D eigenvalue weighted by molar-refractivity contribution is 6.28. The van der Waals surface area contributed by atoms with E-state index in [9.17, 15) is 4.79 Å². The van der Waals surface area contributed by atoms with Crippen LogP contribution in [0.2, 0.25) is 0 Å². The maximum Gasteiger partial charge on any atom is 0.151 e. The number of ketones is 1. The Hall–Kier alpha value is -0.0400. The van der Waals surface area contributed by atoms with Gasteiger partial charge in [0.2, 0.25) is 0 Å². The van der Waals surface area contributed by atoms with Gasteiger partial charge in [-0.15, -0.1) is 11.6 Å². The molecule has 2 bridgehead atoms. The molecule has 2 heteroatoms. The highest BCUT2D eigenvalue weighted by Gasteiger charge is 2.62. The van der Waals surface area contributed by atoms with Crippen molar-refractivity contribution in [2.24, 2.45) is 22.7 Å². The summed E-state index contributed by atoms with van der Waals surface area (Å²) in [4.78, 5) is 11.8. The molecule has 2 aliphatic carbocycles. The minimum absolute atomic E-state index is 0.197. The number of fused-ring (bicyclic) bond motifs is 2. The van der Waals surface area contributed by atoms with E-state index < -0.39 is 0 Å². The van der Waals surface area contributed by atoms with E-state index in [1.165, 1.54) is 12.8 Å². The van der Waals surface area contributed by atoms with Gasteiger partial charge in [-0.25, -0.2) is 0 Å². The van der Waals surface area contributed by atoms with E-state index in [4.69, 9.17) is 11.6 Å². The molecule has 0 aromatic heterocycles. The van der Waals surface area contributed by atoms with Gasteiger partial charge in [0.1, 0.15) is 0 Å². The summed E-state index contributed by atoms with van der Waals surface area (Å²) in [5, 5.41) is 0. The molecule has 3 atom stereocenters. The summed E-state index contributed by atoms with van der Waals surface area (Å²) in [5.41, 5.74) is 0.545. The Labute approximate surface area is 91.2 Å². The first-order valence-electron chi connectivity index (χ1n) is 5.52. The van der Waals surface area contributed by atoms with Crippen molar-refractivity contribution in [1.82, 2.24) is 0 Å². The lowest BCUT2D eigenvalue weighted by Crippen LogP contribution is -2.36. The van der Waals surface area contributed by atoms with Crippen molar-refractivity contribution < 1.29 is 4.79 Å². The topological polar surface area (TPSA) is 17.1 Å². The minimum Gasteiger partial charge on any atom is -0.298 e. The van der Waals surface area contributed by atoms with Gasteiger partial charge in [0.15, 0.2) is 5.78 Å². The summed E-state index contributed by atoms with van der Waals surface area (Å²) in [6.45, 7) is 6.94. The Morgan fingerprint density at radius 1 is 1.43 bits per heavy atom. The predicted molar refractivity (Wildman–Crippen MR) is 58.4 cm³/mol. The van der Waals surface area contributed by atoms with Crippen molar-refractivity contribution in [3.8, 4) is 0 Å². The van der Waals surface area contributed by atoms with Gasteiger partial charge in [0.25, 0.3) is 0 Å². The average molecular weight is 215 g/mol. The number of hydrogen-bond donors (Lipinski definition) is 0. The Bertz CT molecular complexity index is 271. The smallest absolute Gasteiger partial charge is 0.151 e. The van der Waals surface area contributed by atoms with E-state index in [0.29, 0.717) is 5.41 Å². The molecule has 0 heterocycles. The summed E-state index contributed by atoms with van der Waals surface area (Å²) in [7, 11) is 0. The number of Topliss-reactive ketones (excluding diaryl/α,β-unsaturated/α-hetero) is 1. The van der Waals surface area contributed by atoms with Gasteiger partial charge in [0, 0.05) is 5.92 Å². The molecule has 2 saturated carbocycles. The van der Waals surface area contributed by atoms with Crippen LogP contribution in [0.4, 0.5) is 0 Å². The first-order valence-corrected chi connectivity index (χ1v) is 6.05. The highest BCUT2D eigenvalue weighted by Crippen LogP contribution is 2.68. The second-order valence-electron chi connectivity index (χ2n) is 5.76. The van der Waals surface area contributed by atoms with Gasteiger partial charge in [-0.1, -0.05) is 20.8 Å². The predicted octanol–water partition coefficient (Wildman–Crippen LogP) is 3.26. The van der Waals surface area contributed by atoms with Crippen LogP contribution in [0.3, 0.4) is 0 Å². The third-order valence-corrected chi connectivity index (χ3v) is 5.58. The lowest BCUT2D eigenvalue weighted by molar-refractivity contribution is -0.124. The fourth-order valence-corrected chi connectivity index (χ4v) is 3.97. The third kappa shape index (κ3) is 1.05. The van der Waals surface area contributed by atoms with Crippen LogP contribution in [0.1, 0.15) is 40.0 Å². The number of alkyl halides is 1. The molecular formula is C12H19ClO. The maximum atomic E-state index is 11.8. The first-order chi connectivity index (χ1) is 6.43. The van der Waals surface area contributed by atoms with Crippen LogP contribution in [0.15, 0.2) is 0 Å². The van der Waals surface area contributed by atoms with E-state index in [-0.39, 0.29) is 23.0 Å². The van der Waals surface area contributed by atoms with E-state index in [0.717, 1.165) is 12.3 Å². The van der Waals surface area contributed by atoms with Crippen molar-refractivity contribution in [1.29, 1.82) is 0 Å². The number of halogens is 1. The van der Waals surface area contributed by atoms with Crippen molar-refractivity contribution in [2.45, 2.75) is 40.0 Å². The summed E-state index contributed by atoms with van der Waals surface area (Å²) in [6.07, 6.45) is 3.59. The zero-order valence-electron chi connectivity index (χ0n) is 9.27. The summed E-state index contributed by atoms with van der Waals surface area (Å²) in [6, 6.07) is 0. The lowest BCUT2D eigenvalue weighted by atomic mass is 9.66. The van der Waals surface area contributed by atoms with Crippen molar-refractivity contribution >= 4 is 17.4 Å². The molecule has 2 aliphatic rings. The zero-order chi connectivity index (χ0) is 10.6. The Morgan fingerprint density at radius 2 is 2.07 bits per heavy atom. The Balaban J connectivity index is 2.31. The highest BCUT2D eigenvalue weighted by atomic mass is 35.5. The monoisotopic (exact) mass is 214 g/mol.